The number of ether oxygens (including phenoxy) is 1. The van der Waals surface area contributed by atoms with Gasteiger partial charge in [-0.25, -0.2) is 0 Å². The van der Waals surface area contributed by atoms with E-state index in [1.807, 2.05) is 41.3 Å². The quantitative estimate of drug-likeness (QED) is 0.903. The molecule has 0 atom stereocenters. The molecular formula is C19H24N4O2. The van der Waals surface area contributed by atoms with Gasteiger partial charge in [-0.05, 0) is 36.9 Å². The summed E-state index contributed by atoms with van der Waals surface area (Å²) in [5, 5.41) is 3.34. The molecule has 0 saturated carbocycles. The van der Waals surface area contributed by atoms with Crippen molar-refractivity contribution in [3.8, 4) is 5.75 Å². The van der Waals surface area contributed by atoms with Gasteiger partial charge in [-0.3, -0.25) is 9.78 Å². The maximum absolute atomic E-state index is 12.6. The number of hydrogen-bond donors (Lipinski definition) is 1. The summed E-state index contributed by atoms with van der Waals surface area (Å²) in [7, 11) is 3.73. The molecule has 1 amide bonds. The van der Waals surface area contributed by atoms with Crippen LogP contribution in [-0.2, 0) is 6.54 Å². The first-order chi connectivity index (χ1) is 12.2. The van der Waals surface area contributed by atoms with Crippen LogP contribution in [0.1, 0.15) is 16.1 Å². The lowest BCUT2D eigenvalue weighted by Gasteiger charge is -2.32. The van der Waals surface area contributed by atoms with Crippen LogP contribution in [0.25, 0.3) is 0 Å². The molecule has 132 valence electrons. The van der Waals surface area contributed by atoms with E-state index in [0.717, 1.165) is 43.2 Å². The second-order valence-electron chi connectivity index (χ2n) is 6.23. The maximum Gasteiger partial charge on any atom is 0.272 e. The van der Waals surface area contributed by atoms with Crippen LogP contribution in [0.15, 0.2) is 42.6 Å². The summed E-state index contributed by atoms with van der Waals surface area (Å²) in [4.78, 5) is 21.0. The fraction of sp³-hybridized carbons (Fsp3) is 0.368. The van der Waals surface area contributed by atoms with E-state index in [4.69, 9.17) is 4.74 Å². The van der Waals surface area contributed by atoms with E-state index in [0.29, 0.717) is 12.2 Å². The number of rotatable bonds is 5. The number of anilines is 1. The van der Waals surface area contributed by atoms with Gasteiger partial charge < -0.3 is 19.9 Å². The Labute approximate surface area is 148 Å². The Morgan fingerprint density at radius 2 is 1.88 bits per heavy atom. The summed E-state index contributed by atoms with van der Waals surface area (Å²) >= 11 is 0. The summed E-state index contributed by atoms with van der Waals surface area (Å²) in [5.74, 6) is 0.842. The first kappa shape index (κ1) is 17.2. The predicted octanol–water partition coefficient (Wildman–Crippen LogP) is 2.09. The number of carbonyl (C=O) groups is 1. The molecule has 6 nitrogen and oxygen atoms in total. The lowest BCUT2D eigenvalue weighted by atomic mass is 10.2. The summed E-state index contributed by atoms with van der Waals surface area (Å²) in [6.07, 6.45) is 1.68. The zero-order chi connectivity index (χ0) is 17.6. The molecule has 25 heavy (non-hydrogen) atoms. The number of carbonyl (C=O) groups excluding carboxylic acids is 1. The van der Waals surface area contributed by atoms with Crippen LogP contribution in [-0.4, -0.2) is 61.0 Å². The van der Waals surface area contributed by atoms with Crippen LogP contribution >= 0.6 is 0 Å². The third kappa shape index (κ3) is 4.48. The number of nitrogens with zero attached hydrogens (tertiary/aromatic N) is 3. The van der Waals surface area contributed by atoms with Gasteiger partial charge in [0.1, 0.15) is 11.4 Å². The summed E-state index contributed by atoms with van der Waals surface area (Å²) in [6.45, 7) is 3.99. The predicted molar refractivity (Wildman–Crippen MR) is 98.0 cm³/mol. The molecule has 1 fully saturated rings. The maximum atomic E-state index is 12.6. The average Bonchev–Trinajstić information content (AvgIpc) is 2.67. The van der Waals surface area contributed by atoms with Gasteiger partial charge >= 0.3 is 0 Å². The number of hydrogen-bond acceptors (Lipinski definition) is 5. The second-order valence-corrected chi connectivity index (χ2v) is 6.23. The largest absolute Gasteiger partial charge is 0.497 e. The van der Waals surface area contributed by atoms with Gasteiger partial charge in [0.25, 0.3) is 5.91 Å². The lowest BCUT2D eigenvalue weighted by Crippen LogP contribution is -2.47. The van der Waals surface area contributed by atoms with E-state index in [1.54, 1.807) is 13.3 Å². The van der Waals surface area contributed by atoms with E-state index in [9.17, 15) is 4.79 Å². The molecule has 0 radical (unpaired) electrons. The van der Waals surface area contributed by atoms with Crippen molar-refractivity contribution in [2.45, 2.75) is 6.54 Å². The van der Waals surface area contributed by atoms with Gasteiger partial charge in [0.05, 0.1) is 7.11 Å². The van der Waals surface area contributed by atoms with E-state index < -0.39 is 0 Å². The van der Waals surface area contributed by atoms with Gasteiger partial charge in [-0.1, -0.05) is 12.1 Å². The fourth-order valence-electron chi connectivity index (χ4n) is 2.78. The Balaban J connectivity index is 1.61. The third-order valence-electron chi connectivity index (χ3n) is 4.43. The zero-order valence-corrected chi connectivity index (χ0v) is 14.7. The topological polar surface area (TPSA) is 57.7 Å². The van der Waals surface area contributed by atoms with Gasteiger partial charge in [-0.15, -0.1) is 0 Å². The van der Waals surface area contributed by atoms with Gasteiger partial charge in [0.2, 0.25) is 0 Å². The molecule has 1 aromatic heterocycles. The van der Waals surface area contributed by atoms with Crippen molar-refractivity contribution in [2.75, 3.05) is 45.7 Å². The van der Waals surface area contributed by atoms with Crippen LogP contribution in [0.4, 0.5) is 5.69 Å². The van der Waals surface area contributed by atoms with Gasteiger partial charge in [-0.2, -0.15) is 0 Å². The highest BCUT2D eigenvalue weighted by atomic mass is 16.5. The van der Waals surface area contributed by atoms with Gasteiger partial charge in [0.15, 0.2) is 0 Å². The number of aromatic nitrogens is 1. The molecule has 0 bridgehead atoms. The minimum absolute atomic E-state index is 0.00111. The molecule has 1 N–H and O–H groups in total. The first-order valence-corrected chi connectivity index (χ1v) is 8.46. The second kappa shape index (κ2) is 7.98. The number of pyridine rings is 1. The molecule has 0 spiro atoms. The summed E-state index contributed by atoms with van der Waals surface area (Å²) in [5.41, 5.74) is 2.53. The first-order valence-electron chi connectivity index (χ1n) is 8.46. The van der Waals surface area contributed by atoms with Crippen LogP contribution in [0.2, 0.25) is 0 Å². The SMILES string of the molecule is COc1ccc(CNc2ccnc(C(=O)N3CCN(C)CC3)c2)cc1. The fourth-order valence-corrected chi connectivity index (χ4v) is 2.78. The average molecular weight is 340 g/mol. The van der Waals surface area contributed by atoms with Crippen molar-refractivity contribution < 1.29 is 9.53 Å². The van der Waals surface area contributed by atoms with Gasteiger partial charge in [0, 0.05) is 44.6 Å². The highest BCUT2D eigenvalue weighted by Crippen LogP contribution is 2.15. The Hall–Kier alpha value is -2.60. The third-order valence-corrected chi connectivity index (χ3v) is 4.43. The van der Waals surface area contributed by atoms with Crippen molar-refractivity contribution >= 4 is 11.6 Å². The molecule has 1 aliphatic rings. The highest BCUT2D eigenvalue weighted by Gasteiger charge is 2.21. The normalized spacial score (nSPS) is 15.0. The van der Waals surface area contributed by atoms with Crippen molar-refractivity contribution in [1.82, 2.24) is 14.8 Å². The Bertz CT molecular complexity index is 710. The number of piperazine rings is 1. The molecule has 2 aromatic rings. The van der Waals surface area contributed by atoms with Crippen LogP contribution in [0.5, 0.6) is 5.75 Å². The smallest absolute Gasteiger partial charge is 0.272 e. The van der Waals surface area contributed by atoms with Crippen molar-refractivity contribution in [3.63, 3.8) is 0 Å². The number of nitrogens with one attached hydrogen (secondary N) is 1. The number of likely N-dealkylation sites (N-methyl/N-ethyl adjacent to an activating group) is 1. The lowest BCUT2D eigenvalue weighted by molar-refractivity contribution is 0.0658. The van der Waals surface area contributed by atoms with Crippen molar-refractivity contribution in [3.05, 3.63) is 53.9 Å². The van der Waals surface area contributed by atoms with Crippen LogP contribution in [0.3, 0.4) is 0 Å². The molecule has 6 heteroatoms. The molecule has 2 heterocycles. The molecule has 3 rings (SSSR count). The summed E-state index contributed by atoms with van der Waals surface area (Å²) < 4.78 is 5.16. The molecule has 1 saturated heterocycles. The minimum Gasteiger partial charge on any atom is -0.497 e. The Kier molecular flexibility index (Phi) is 5.50. The summed E-state index contributed by atoms with van der Waals surface area (Å²) in [6, 6.07) is 11.6. The molecular weight excluding hydrogens is 316 g/mol. The standard InChI is InChI=1S/C19H24N4O2/c1-22-9-11-23(12-10-22)19(24)18-13-16(7-8-20-18)21-14-15-3-5-17(25-2)6-4-15/h3-8,13H,9-12,14H2,1-2H3,(H,20,21). The van der Waals surface area contributed by atoms with Crippen LogP contribution < -0.4 is 10.1 Å². The number of benzene rings is 1. The Morgan fingerprint density at radius 3 is 2.56 bits per heavy atom. The Morgan fingerprint density at radius 1 is 1.16 bits per heavy atom. The highest BCUT2D eigenvalue weighted by molar-refractivity contribution is 5.93. The molecule has 1 aromatic carbocycles. The van der Waals surface area contributed by atoms with E-state index >= 15 is 0 Å². The zero-order valence-electron chi connectivity index (χ0n) is 14.7. The van der Waals surface area contributed by atoms with E-state index in [2.05, 4.69) is 22.2 Å². The van der Waals surface area contributed by atoms with E-state index in [1.165, 1.54) is 0 Å². The molecule has 1 aliphatic heterocycles. The van der Waals surface area contributed by atoms with Crippen molar-refractivity contribution in [1.29, 1.82) is 0 Å². The number of methoxy groups -OCH3 is 1. The minimum atomic E-state index is 0.00111. The molecule has 0 unspecified atom stereocenters. The van der Waals surface area contributed by atoms with Crippen LogP contribution in [0, 0.1) is 0 Å². The van der Waals surface area contributed by atoms with E-state index in [-0.39, 0.29) is 5.91 Å². The van der Waals surface area contributed by atoms with Crippen molar-refractivity contribution in [2.24, 2.45) is 0 Å². The monoisotopic (exact) mass is 340 g/mol. The molecule has 0 aliphatic carbocycles. The number of amides is 1.